The first-order valence-corrected chi connectivity index (χ1v) is 6.37. The van der Waals surface area contributed by atoms with E-state index in [1.165, 1.54) is 15.6 Å². The molecule has 0 radical (unpaired) electrons. The fraction of sp³-hybridized carbons (Fsp3) is 0.727. The number of thiazole rings is 1. The standard InChI is InChI=1S/C11H18N2OS/c1-8-11(9-3-6-14-7-4-9)13-10(15-8)2-5-12/h9H,2-7,12H2,1H3. The van der Waals surface area contributed by atoms with E-state index in [2.05, 4.69) is 6.92 Å². The Morgan fingerprint density at radius 2 is 2.20 bits per heavy atom. The minimum Gasteiger partial charge on any atom is -0.381 e. The van der Waals surface area contributed by atoms with Crippen molar-refractivity contribution in [2.75, 3.05) is 19.8 Å². The van der Waals surface area contributed by atoms with Crippen molar-refractivity contribution in [3.8, 4) is 0 Å². The van der Waals surface area contributed by atoms with Crippen LogP contribution in [0.4, 0.5) is 0 Å². The number of nitrogens with two attached hydrogens (primary N) is 1. The van der Waals surface area contributed by atoms with Crippen LogP contribution in [0, 0.1) is 6.92 Å². The van der Waals surface area contributed by atoms with Crippen molar-refractivity contribution in [1.29, 1.82) is 0 Å². The van der Waals surface area contributed by atoms with Crippen LogP contribution >= 0.6 is 11.3 Å². The molecule has 0 amide bonds. The second kappa shape index (κ2) is 5.05. The Morgan fingerprint density at radius 1 is 1.47 bits per heavy atom. The van der Waals surface area contributed by atoms with Gasteiger partial charge in [-0.25, -0.2) is 4.98 Å². The van der Waals surface area contributed by atoms with Crippen molar-refractivity contribution in [1.82, 2.24) is 4.98 Å². The van der Waals surface area contributed by atoms with Gasteiger partial charge in [0.2, 0.25) is 0 Å². The molecule has 1 aromatic rings. The summed E-state index contributed by atoms with van der Waals surface area (Å²) in [5.74, 6) is 0.613. The summed E-state index contributed by atoms with van der Waals surface area (Å²) in [6.45, 7) is 4.63. The summed E-state index contributed by atoms with van der Waals surface area (Å²) in [5, 5.41) is 1.19. The van der Waals surface area contributed by atoms with Gasteiger partial charge in [0.1, 0.15) is 0 Å². The lowest BCUT2D eigenvalue weighted by Gasteiger charge is -2.20. The largest absolute Gasteiger partial charge is 0.381 e. The van der Waals surface area contributed by atoms with Gasteiger partial charge in [-0.1, -0.05) is 0 Å². The fourth-order valence-corrected chi connectivity index (χ4v) is 3.08. The first-order valence-electron chi connectivity index (χ1n) is 5.55. The highest BCUT2D eigenvalue weighted by Gasteiger charge is 2.20. The molecule has 15 heavy (non-hydrogen) atoms. The van der Waals surface area contributed by atoms with E-state index in [9.17, 15) is 0 Å². The molecule has 4 heteroatoms. The smallest absolute Gasteiger partial charge is 0.0943 e. The average Bonchev–Trinajstić information content (AvgIpc) is 2.61. The van der Waals surface area contributed by atoms with Crippen molar-refractivity contribution in [3.63, 3.8) is 0 Å². The van der Waals surface area contributed by atoms with Gasteiger partial charge in [-0.15, -0.1) is 11.3 Å². The summed E-state index contributed by atoms with van der Waals surface area (Å²) < 4.78 is 5.37. The van der Waals surface area contributed by atoms with Crippen LogP contribution in [0.15, 0.2) is 0 Å². The summed E-state index contributed by atoms with van der Waals surface area (Å²) in [7, 11) is 0. The van der Waals surface area contributed by atoms with Gasteiger partial charge in [-0.05, 0) is 26.3 Å². The summed E-state index contributed by atoms with van der Waals surface area (Å²) in [5.41, 5.74) is 6.84. The number of nitrogens with zero attached hydrogens (tertiary/aromatic N) is 1. The van der Waals surface area contributed by atoms with Gasteiger partial charge < -0.3 is 10.5 Å². The van der Waals surface area contributed by atoms with E-state index in [0.29, 0.717) is 12.5 Å². The first kappa shape index (κ1) is 11.0. The molecular weight excluding hydrogens is 208 g/mol. The summed E-state index contributed by atoms with van der Waals surface area (Å²) in [4.78, 5) is 6.07. The third-order valence-corrected chi connectivity index (χ3v) is 3.89. The van der Waals surface area contributed by atoms with Crippen molar-refractivity contribution < 1.29 is 4.74 Å². The van der Waals surface area contributed by atoms with E-state index in [-0.39, 0.29) is 0 Å². The Bertz CT molecular complexity index is 318. The maximum atomic E-state index is 5.54. The predicted molar refractivity (Wildman–Crippen MR) is 62.4 cm³/mol. The third-order valence-electron chi connectivity index (χ3n) is 2.84. The molecule has 1 fully saturated rings. The number of hydrogen-bond acceptors (Lipinski definition) is 4. The van der Waals surface area contributed by atoms with Crippen LogP contribution < -0.4 is 5.73 Å². The van der Waals surface area contributed by atoms with Gasteiger partial charge >= 0.3 is 0 Å². The second-order valence-corrected chi connectivity index (χ2v) is 5.26. The summed E-state index contributed by atoms with van der Waals surface area (Å²) >= 11 is 1.80. The molecule has 1 aromatic heterocycles. The van der Waals surface area contributed by atoms with Crippen LogP contribution in [0.2, 0.25) is 0 Å². The molecule has 2 N–H and O–H groups in total. The normalized spacial score (nSPS) is 18.3. The van der Waals surface area contributed by atoms with Crippen molar-refractivity contribution in [3.05, 3.63) is 15.6 Å². The molecule has 3 nitrogen and oxygen atoms in total. The lowest BCUT2D eigenvalue weighted by molar-refractivity contribution is 0.0845. The van der Waals surface area contributed by atoms with Crippen LogP contribution in [0.3, 0.4) is 0 Å². The molecule has 84 valence electrons. The number of aromatic nitrogens is 1. The van der Waals surface area contributed by atoms with Crippen molar-refractivity contribution in [2.45, 2.75) is 32.1 Å². The maximum Gasteiger partial charge on any atom is 0.0943 e. The fourth-order valence-electron chi connectivity index (χ4n) is 2.05. The quantitative estimate of drug-likeness (QED) is 0.855. The maximum absolute atomic E-state index is 5.54. The minimum absolute atomic E-state index is 0.613. The lowest BCUT2D eigenvalue weighted by Crippen LogP contribution is -2.15. The van der Waals surface area contributed by atoms with Gasteiger partial charge in [-0.3, -0.25) is 0 Å². The molecular formula is C11H18N2OS. The lowest BCUT2D eigenvalue weighted by atomic mass is 9.96. The minimum atomic E-state index is 0.613. The highest BCUT2D eigenvalue weighted by Crippen LogP contribution is 2.31. The van der Waals surface area contributed by atoms with Gasteiger partial charge in [0.05, 0.1) is 10.7 Å². The Hall–Kier alpha value is -0.450. The van der Waals surface area contributed by atoms with E-state index in [0.717, 1.165) is 32.5 Å². The third kappa shape index (κ3) is 2.56. The van der Waals surface area contributed by atoms with Crippen molar-refractivity contribution >= 4 is 11.3 Å². The monoisotopic (exact) mass is 226 g/mol. The van der Waals surface area contributed by atoms with Crippen LogP contribution in [-0.2, 0) is 11.2 Å². The molecule has 0 spiro atoms. The van der Waals surface area contributed by atoms with Crippen LogP contribution in [0.5, 0.6) is 0 Å². The Morgan fingerprint density at radius 3 is 2.87 bits per heavy atom. The highest BCUT2D eigenvalue weighted by atomic mass is 32.1. The molecule has 1 aliphatic heterocycles. The topological polar surface area (TPSA) is 48.1 Å². The molecule has 0 bridgehead atoms. The predicted octanol–water partition coefficient (Wildman–Crippen LogP) is 1.85. The molecule has 0 unspecified atom stereocenters. The molecule has 0 aliphatic carbocycles. The number of aryl methyl sites for hydroxylation is 1. The van der Waals surface area contributed by atoms with E-state index < -0.39 is 0 Å². The molecule has 0 saturated carbocycles. The SMILES string of the molecule is Cc1sc(CCN)nc1C1CCOCC1. The Kier molecular flexibility index (Phi) is 3.72. The highest BCUT2D eigenvalue weighted by molar-refractivity contribution is 7.11. The van der Waals surface area contributed by atoms with Crippen LogP contribution in [0.1, 0.15) is 34.3 Å². The Labute approximate surface area is 94.7 Å². The van der Waals surface area contributed by atoms with E-state index in [1.54, 1.807) is 11.3 Å². The summed E-state index contributed by atoms with van der Waals surface area (Å²) in [6.07, 6.45) is 3.15. The molecule has 0 atom stereocenters. The number of hydrogen-bond donors (Lipinski definition) is 1. The second-order valence-electron chi connectivity index (χ2n) is 3.97. The van der Waals surface area contributed by atoms with Crippen LogP contribution in [0.25, 0.3) is 0 Å². The van der Waals surface area contributed by atoms with Crippen LogP contribution in [-0.4, -0.2) is 24.7 Å². The van der Waals surface area contributed by atoms with Gasteiger partial charge in [0.25, 0.3) is 0 Å². The number of ether oxygens (including phenoxy) is 1. The molecule has 2 rings (SSSR count). The van der Waals surface area contributed by atoms with Gasteiger partial charge in [0, 0.05) is 30.4 Å². The zero-order valence-electron chi connectivity index (χ0n) is 9.16. The van der Waals surface area contributed by atoms with E-state index in [4.69, 9.17) is 15.5 Å². The first-order chi connectivity index (χ1) is 7.31. The number of rotatable bonds is 3. The van der Waals surface area contributed by atoms with E-state index >= 15 is 0 Å². The Balaban J connectivity index is 2.11. The zero-order valence-corrected chi connectivity index (χ0v) is 9.98. The molecule has 2 heterocycles. The van der Waals surface area contributed by atoms with Gasteiger partial charge in [0.15, 0.2) is 0 Å². The molecule has 1 saturated heterocycles. The summed E-state index contributed by atoms with van der Waals surface area (Å²) in [6, 6.07) is 0. The van der Waals surface area contributed by atoms with Crippen molar-refractivity contribution in [2.24, 2.45) is 5.73 Å². The van der Waals surface area contributed by atoms with E-state index in [1.807, 2.05) is 0 Å². The molecule has 1 aliphatic rings. The van der Waals surface area contributed by atoms with Gasteiger partial charge in [-0.2, -0.15) is 0 Å². The molecule has 0 aromatic carbocycles. The average molecular weight is 226 g/mol. The zero-order chi connectivity index (χ0) is 10.7.